The average Bonchev–Trinajstić information content (AvgIpc) is 2.82. The molecule has 158 valence electrons. The molecule has 0 spiro atoms. The lowest BCUT2D eigenvalue weighted by Gasteiger charge is -2.08. The van der Waals surface area contributed by atoms with Gasteiger partial charge in [0, 0.05) is 17.7 Å². The maximum atomic E-state index is 12.4. The van der Waals surface area contributed by atoms with Gasteiger partial charge in [0.15, 0.2) is 12.4 Å². The summed E-state index contributed by atoms with van der Waals surface area (Å²) in [6.07, 6.45) is 0. The van der Waals surface area contributed by atoms with Gasteiger partial charge in [-0.1, -0.05) is 36.4 Å². The van der Waals surface area contributed by atoms with Crippen molar-refractivity contribution in [3.8, 4) is 11.5 Å². The first kappa shape index (κ1) is 20.7. The van der Waals surface area contributed by atoms with E-state index in [9.17, 15) is 19.7 Å². The van der Waals surface area contributed by atoms with Crippen molar-refractivity contribution in [1.82, 2.24) is 0 Å². The third-order valence-corrected chi connectivity index (χ3v) is 4.78. The molecular formula is C25H17NO6. The molecule has 0 radical (unpaired) electrons. The number of nitro groups is 1. The summed E-state index contributed by atoms with van der Waals surface area (Å²) in [6, 6.07) is 24.9. The first-order chi connectivity index (χ1) is 15.5. The molecule has 0 unspecified atom stereocenters. The molecule has 4 rings (SSSR count). The van der Waals surface area contributed by atoms with Gasteiger partial charge in [-0.3, -0.25) is 14.9 Å². The highest BCUT2D eigenvalue weighted by Crippen LogP contribution is 2.24. The minimum atomic E-state index is -0.624. The van der Waals surface area contributed by atoms with E-state index in [4.69, 9.17) is 9.47 Å². The van der Waals surface area contributed by atoms with Crippen LogP contribution in [-0.4, -0.2) is 23.3 Å². The number of ketones is 1. The number of esters is 1. The van der Waals surface area contributed by atoms with Crippen LogP contribution in [0, 0.1) is 10.1 Å². The van der Waals surface area contributed by atoms with Crippen LogP contribution in [0.2, 0.25) is 0 Å². The van der Waals surface area contributed by atoms with E-state index in [-0.39, 0.29) is 23.6 Å². The van der Waals surface area contributed by atoms with E-state index >= 15 is 0 Å². The fraction of sp³-hybridized carbons (Fsp3) is 0.0400. The van der Waals surface area contributed by atoms with E-state index in [1.807, 2.05) is 30.3 Å². The van der Waals surface area contributed by atoms with Crippen molar-refractivity contribution in [2.45, 2.75) is 0 Å². The maximum Gasteiger partial charge on any atom is 0.338 e. The molecule has 0 bridgehead atoms. The largest absolute Gasteiger partial charge is 0.457 e. The molecule has 0 aliphatic carbocycles. The molecule has 0 atom stereocenters. The van der Waals surface area contributed by atoms with Gasteiger partial charge in [0.2, 0.25) is 0 Å². The van der Waals surface area contributed by atoms with Crippen molar-refractivity contribution < 1.29 is 24.0 Å². The van der Waals surface area contributed by atoms with E-state index in [2.05, 4.69) is 0 Å². The Bertz CT molecular complexity index is 1300. The third-order valence-electron chi connectivity index (χ3n) is 4.78. The molecule has 0 aromatic heterocycles. The molecule has 7 heteroatoms. The lowest BCUT2D eigenvalue weighted by Crippen LogP contribution is -2.14. The number of fused-ring (bicyclic) bond motifs is 1. The number of non-ortho nitro benzene ring substituents is 1. The number of carbonyl (C=O) groups is 2. The van der Waals surface area contributed by atoms with Gasteiger partial charge in [0.05, 0.1) is 10.5 Å². The Labute approximate surface area is 183 Å². The number of carbonyl (C=O) groups excluding carboxylic acids is 2. The first-order valence-corrected chi connectivity index (χ1v) is 9.71. The Morgan fingerprint density at radius 3 is 2.00 bits per heavy atom. The van der Waals surface area contributed by atoms with Crippen LogP contribution in [0.5, 0.6) is 11.5 Å². The number of nitrogens with zero attached hydrogens (tertiary/aromatic N) is 1. The summed E-state index contributed by atoms with van der Waals surface area (Å²) in [5.41, 5.74) is 0.712. The second-order valence-corrected chi connectivity index (χ2v) is 6.94. The zero-order chi connectivity index (χ0) is 22.5. The highest BCUT2D eigenvalue weighted by atomic mass is 16.6. The van der Waals surface area contributed by atoms with Crippen LogP contribution in [-0.2, 0) is 4.74 Å². The van der Waals surface area contributed by atoms with Crippen molar-refractivity contribution in [2.24, 2.45) is 0 Å². The molecule has 4 aromatic rings. The summed E-state index contributed by atoms with van der Waals surface area (Å²) in [4.78, 5) is 34.9. The number of Topliss-reactive ketones (excluding diaryl/α,β-unsaturated/α-hetero) is 1. The second-order valence-electron chi connectivity index (χ2n) is 6.94. The number of hydrogen-bond donors (Lipinski definition) is 0. The van der Waals surface area contributed by atoms with Gasteiger partial charge in [-0.05, 0) is 53.2 Å². The summed E-state index contributed by atoms with van der Waals surface area (Å²) in [5.74, 6) is -0.0437. The number of hydrogen-bond acceptors (Lipinski definition) is 6. The predicted molar refractivity (Wildman–Crippen MR) is 118 cm³/mol. The van der Waals surface area contributed by atoms with E-state index in [0.29, 0.717) is 17.1 Å². The van der Waals surface area contributed by atoms with Gasteiger partial charge >= 0.3 is 5.97 Å². The van der Waals surface area contributed by atoms with Crippen LogP contribution in [0.3, 0.4) is 0 Å². The van der Waals surface area contributed by atoms with Crippen molar-refractivity contribution in [3.05, 3.63) is 112 Å². The van der Waals surface area contributed by atoms with Crippen molar-refractivity contribution in [1.29, 1.82) is 0 Å². The number of benzene rings is 4. The zero-order valence-electron chi connectivity index (χ0n) is 16.8. The Morgan fingerprint density at radius 1 is 0.750 bits per heavy atom. The van der Waals surface area contributed by atoms with Crippen molar-refractivity contribution in [2.75, 3.05) is 6.61 Å². The molecule has 0 saturated heterocycles. The topological polar surface area (TPSA) is 95.7 Å². The molecule has 0 aliphatic rings. The lowest BCUT2D eigenvalue weighted by atomic mass is 10.0. The van der Waals surface area contributed by atoms with Crippen LogP contribution in [0.15, 0.2) is 91.0 Å². The molecule has 0 heterocycles. The Balaban J connectivity index is 1.34. The van der Waals surface area contributed by atoms with Gasteiger partial charge in [-0.25, -0.2) is 4.79 Å². The molecular weight excluding hydrogens is 410 g/mol. The van der Waals surface area contributed by atoms with E-state index in [1.165, 1.54) is 36.4 Å². The minimum Gasteiger partial charge on any atom is -0.457 e. The van der Waals surface area contributed by atoms with Crippen LogP contribution < -0.4 is 4.74 Å². The fourth-order valence-electron chi connectivity index (χ4n) is 3.09. The lowest BCUT2D eigenvalue weighted by molar-refractivity contribution is -0.384. The van der Waals surface area contributed by atoms with Gasteiger partial charge in [-0.2, -0.15) is 0 Å². The van der Waals surface area contributed by atoms with Gasteiger partial charge < -0.3 is 9.47 Å². The van der Waals surface area contributed by atoms with Crippen LogP contribution in [0.4, 0.5) is 5.69 Å². The summed E-state index contributed by atoms with van der Waals surface area (Å²) in [6.45, 7) is -0.363. The van der Waals surface area contributed by atoms with Gasteiger partial charge in [0.1, 0.15) is 11.5 Å². The fourth-order valence-corrected chi connectivity index (χ4v) is 3.09. The molecule has 0 saturated carbocycles. The van der Waals surface area contributed by atoms with E-state index < -0.39 is 10.9 Å². The molecule has 4 aromatic carbocycles. The smallest absolute Gasteiger partial charge is 0.338 e. The number of ether oxygens (including phenoxy) is 2. The summed E-state index contributed by atoms with van der Waals surface area (Å²) < 4.78 is 10.8. The molecule has 0 aliphatic heterocycles. The summed E-state index contributed by atoms with van der Waals surface area (Å²) in [7, 11) is 0. The quantitative estimate of drug-likeness (QED) is 0.165. The Kier molecular flexibility index (Phi) is 5.89. The normalized spacial score (nSPS) is 10.5. The van der Waals surface area contributed by atoms with Crippen molar-refractivity contribution >= 4 is 28.2 Å². The minimum absolute atomic E-state index is 0.0336. The predicted octanol–water partition coefficient (Wildman–Crippen LogP) is 5.58. The van der Waals surface area contributed by atoms with Crippen LogP contribution in [0.25, 0.3) is 10.8 Å². The van der Waals surface area contributed by atoms with E-state index in [1.54, 1.807) is 24.3 Å². The zero-order valence-corrected chi connectivity index (χ0v) is 16.8. The highest BCUT2D eigenvalue weighted by Gasteiger charge is 2.13. The number of nitro benzene ring substituents is 1. The van der Waals surface area contributed by atoms with E-state index in [0.717, 1.165) is 10.8 Å². The molecule has 0 fully saturated rings. The van der Waals surface area contributed by atoms with Gasteiger partial charge in [-0.15, -0.1) is 0 Å². The first-order valence-electron chi connectivity index (χ1n) is 9.71. The molecule has 7 nitrogen and oxygen atoms in total. The van der Waals surface area contributed by atoms with Gasteiger partial charge in [0.25, 0.3) is 5.69 Å². The highest BCUT2D eigenvalue weighted by molar-refractivity contribution is 6.02. The third kappa shape index (κ3) is 4.79. The molecule has 0 N–H and O–H groups in total. The summed E-state index contributed by atoms with van der Waals surface area (Å²) in [5, 5.41) is 12.7. The van der Waals surface area contributed by atoms with Crippen LogP contribution in [0.1, 0.15) is 20.7 Å². The average molecular weight is 427 g/mol. The number of rotatable bonds is 7. The monoisotopic (exact) mass is 427 g/mol. The summed E-state index contributed by atoms with van der Waals surface area (Å²) >= 11 is 0. The second kappa shape index (κ2) is 9.09. The Morgan fingerprint density at radius 2 is 1.34 bits per heavy atom. The standard InChI is InChI=1S/C25H17NO6/c27-24(20-6-5-17-3-1-2-4-19(17)15-20)16-31-25(28)18-7-11-22(12-8-18)32-23-13-9-21(10-14-23)26(29)30/h1-15H,16H2. The SMILES string of the molecule is O=C(COC(=O)c1ccc(Oc2ccc([N+](=O)[O-])cc2)cc1)c1ccc2ccccc2c1. The van der Waals surface area contributed by atoms with Crippen LogP contribution >= 0.6 is 0 Å². The maximum absolute atomic E-state index is 12.4. The Hall–Kier alpha value is -4.52. The van der Waals surface area contributed by atoms with Crippen molar-refractivity contribution in [3.63, 3.8) is 0 Å². The molecule has 32 heavy (non-hydrogen) atoms. The molecule has 0 amide bonds.